The topological polar surface area (TPSA) is 46.2 Å². The van der Waals surface area contributed by atoms with E-state index in [-0.39, 0.29) is 5.82 Å². The first kappa shape index (κ1) is 9.91. The lowest BCUT2D eigenvalue weighted by atomic mass is 10.2. The quantitative estimate of drug-likeness (QED) is 0.558. The van der Waals surface area contributed by atoms with E-state index in [4.69, 9.17) is 10.8 Å². The molecule has 0 aliphatic carbocycles. The van der Waals surface area contributed by atoms with Crippen molar-refractivity contribution in [2.24, 2.45) is 0 Å². The molecule has 0 radical (unpaired) electrons. The van der Waals surface area contributed by atoms with E-state index in [1.165, 1.54) is 12.1 Å². The largest absolute Gasteiger partial charge is 0.400 e. The number of nitrogens with two attached hydrogens (primary N) is 1. The van der Waals surface area contributed by atoms with Crippen molar-refractivity contribution in [2.45, 2.75) is 6.92 Å². The molecule has 0 saturated carbocycles. The van der Waals surface area contributed by atoms with Crippen LogP contribution in [0.15, 0.2) is 18.2 Å². The van der Waals surface area contributed by atoms with Gasteiger partial charge in [-0.2, -0.15) is 0 Å². The zero-order chi connectivity index (χ0) is 8.85. The highest BCUT2D eigenvalue weighted by molar-refractivity contribution is 5.45. The van der Waals surface area contributed by atoms with E-state index in [2.05, 4.69) is 0 Å². The molecule has 11 heavy (non-hydrogen) atoms. The van der Waals surface area contributed by atoms with Gasteiger partial charge in [-0.05, 0) is 30.7 Å². The van der Waals surface area contributed by atoms with Crippen LogP contribution in [-0.2, 0) is 0 Å². The Morgan fingerprint density at radius 1 is 1.36 bits per heavy atom. The lowest BCUT2D eigenvalue weighted by molar-refractivity contribution is 0.399. The maximum atomic E-state index is 12.3. The number of hydrogen-bond donors (Lipinski definition) is 2. The van der Waals surface area contributed by atoms with Gasteiger partial charge >= 0.3 is 0 Å². The number of rotatable bonds is 0. The molecular weight excluding hydrogens is 145 g/mol. The van der Waals surface area contributed by atoms with Crippen molar-refractivity contribution in [2.75, 3.05) is 12.8 Å². The number of aliphatic hydroxyl groups is 1. The van der Waals surface area contributed by atoms with Crippen molar-refractivity contribution in [3.05, 3.63) is 29.6 Å². The molecule has 62 valence electrons. The predicted octanol–water partition coefficient (Wildman–Crippen LogP) is 1.32. The minimum absolute atomic E-state index is 0.235. The van der Waals surface area contributed by atoms with Crippen LogP contribution in [0.1, 0.15) is 5.56 Å². The number of halogens is 1. The summed E-state index contributed by atoms with van der Waals surface area (Å²) in [5.74, 6) is -0.235. The van der Waals surface area contributed by atoms with Crippen molar-refractivity contribution in [1.82, 2.24) is 0 Å². The van der Waals surface area contributed by atoms with Crippen LogP contribution < -0.4 is 5.73 Å². The molecule has 1 aromatic carbocycles. The first-order valence-corrected chi connectivity index (χ1v) is 3.16. The second kappa shape index (κ2) is 4.68. The smallest absolute Gasteiger partial charge is 0.123 e. The standard InChI is InChI=1S/C7H8FN.CH4O/c1-5-4-6(8)2-3-7(5)9;1-2/h2-4H,9H2,1H3;2H,1H3. The minimum atomic E-state index is -0.235. The summed E-state index contributed by atoms with van der Waals surface area (Å²) in [6.45, 7) is 1.78. The zero-order valence-electron chi connectivity index (χ0n) is 6.63. The zero-order valence-corrected chi connectivity index (χ0v) is 6.63. The maximum absolute atomic E-state index is 12.3. The van der Waals surface area contributed by atoms with Gasteiger partial charge < -0.3 is 10.8 Å². The third kappa shape index (κ3) is 3.00. The van der Waals surface area contributed by atoms with Gasteiger partial charge in [0.15, 0.2) is 0 Å². The molecule has 1 rings (SSSR count). The minimum Gasteiger partial charge on any atom is -0.400 e. The third-order valence-electron chi connectivity index (χ3n) is 1.23. The fraction of sp³-hybridized carbons (Fsp3) is 0.250. The molecule has 0 fully saturated rings. The number of hydrogen-bond acceptors (Lipinski definition) is 2. The molecule has 3 heteroatoms. The van der Waals surface area contributed by atoms with Crippen molar-refractivity contribution < 1.29 is 9.50 Å². The Hall–Kier alpha value is -1.09. The van der Waals surface area contributed by atoms with Crippen molar-refractivity contribution >= 4 is 5.69 Å². The van der Waals surface area contributed by atoms with Crippen LogP contribution in [-0.4, -0.2) is 12.2 Å². The van der Waals surface area contributed by atoms with E-state index >= 15 is 0 Å². The molecule has 0 aromatic heterocycles. The van der Waals surface area contributed by atoms with Crippen LogP contribution in [0.2, 0.25) is 0 Å². The molecule has 0 aliphatic rings. The van der Waals surface area contributed by atoms with Crippen LogP contribution in [0.3, 0.4) is 0 Å². The number of aliphatic hydroxyl groups excluding tert-OH is 1. The SMILES string of the molecule is CO.Cc1cc(F)ccc1N. The maximum Gasteiger partial charge on any atom is 0.123 e. The van der Waals surface area contributed by atoms with Crippen LogP contribution in [0.5, 0.6) is 0 Å². The molecule has 1 aromatic rings. The first-order valence-electron chi connectivity index (χ1n) is 3.16. The monoisotopic (exact) mass is 157 g/mol. The fourth-order valence-corrected chi connectivity index (χ4v) is 0.639. The van der Waals surface area contributed by atoms with Crippen LogP contribution in [0, 0.1) is 12.7 Å². The predicted molar refractivity (Wildman–Crippen MR) is 43.7 cm³/mol. The van der Waals surface area contributed by atoms with Gasteiger partial charge in [0.05, 0.1) is 0 Å². The lowest BCUT2D eigenvalue weighted by Gasteiger charge is -1.96. The van der Waals surface area contributed by atoms with Gasteiger partial charge in [0.25, 0.3) is 0 Å². The molecule has 3 N–H and O–H groups in total. The van der Waals surface area contributed by atoms with Gasteiger partial charge in [0.1, 0.15) is 5.82 Å². The van der Waals surface area contributed by atoms with Crippen molar-refractivity contribution in [1.29, 1.82) is 0 Å². The summed E-state index contributed by atoms with van der Waals surface area (Å²) in [5, 5.41) is 7.00. The average Bonchev–Trinajstić information content (AvgIpc) is 2.02. The summed E-state index contributed by atoms with van der Waals surface area (Å²) in [6, 6.07) is 4.32. The Labute approximate surface area is 65.5 Å². The molecule has 0 heterocycles. The average molecular weight is 157 g/mol. The Balaban J connectivity index is 0.000000461. The van der Waals surface area contributed by atoms with Gasteiger partial charge in [-0.15, -0.1) is 0 Å². The van der Waals surface area contributed by atoms with E-state index < -0.39 is 0 Å². The highest BCUT2D eigenvalue weighted by Crippen LogP contribution is 2.10. The van der Waals surface area contributed by atoms with E-state index in [9.17, 15) is 4.39 Å². The van der Waals surface area contributed by atoms with Gasteiger partial charge in [-0.1, -0.05) is 0 Å². The summed E-state index contributed by atoms with van der Waals surface area (Å²) in [4.78, 5) is 0. The Morgan fingerprint density at radius 3 is 2.27 bits per heavy atom. The van der Waals surface area contributed by atoms with Crippen LogP contribution >= 0.6 is 0 Å². The van der Waals surface area contributed by atoms with Gasteiger partial charge in [-0.3, -0.25) is 0 Å². The van der Waals surface area contributed by atoms with Gasteiger partial charge in [0, 0.05) is 12.8 Å². The molecule has 0 spiro atoms. The Kier molecular flexibility index (Phi) is 4.22. The number of nitrogen functional groups attached to an aromatic ring is 1. The fourth-order valence-electron chi connectivity index (χ4n) is 0.639. The van der Waals surface area contributed by atoms with Crippen LogP contribution in [0.25, 0.3) is 0 Å². The van der Waals surface area contributed by atoms with E-state index in [1.54, 1.807) is 13.0 Å². The highest BCUT2D eigenvalue weighted by atomic mass is 19.1. The summed E-state index contributed by atoms with van der Waals surface area (Å²) in [5.41, 5.74) is 6.84. The van der Waals surface area contributed by atoms with Crippen molar-refractivity contribution in [3.8, 4) is 0 Å². The highest BCUT2D eigenvalue weighted by Gasteiger charge is 1.92. The Morgan fingerprint density at radius 2 is 1.91 bits per heavy atom. The molecule has 0 amide bonds. The summed E-state index contributed by atoms with van der Waals surface area (Å²) in [6.07, 6.45) is 0. The number of benzene rings is 1. The van der Waals surface area contributed by atoms with Crippen molar-refractivity contribution in [3.63, 3.8) is 0 Å². The Bertz CT molecular complexity index is 225. The van der Waals surface area contributed by atoms with Gasteiger partial charge in [-0.25, -0.2) is 4.39 Å². The number of anilines is 1. The van der Waals surface area contributed by atoms with E-state index in [0.29, 0.717) is 5.69 Å². The molecule has 0 atom stereocenters. The lowest BCUT2D eigenvalue weighted by Crippen LogP contribution is -1.88. The normalized spacial score (nSPS) is 8.36. The second-order valence-electron chi connectivity index (χ2n) is 2.00. The number of aryl methyl sites for hydroxylation is 1. The molecule has 0 saturated heterocycles. The molecule has 0 aliphatic heterocycles. The first-order chi connectivity index (χ1) is 5.20. The molecule has 0 unspecified atom stereocenters. The van der Waals surface area contributed by atoms with E-state index in [0.717, 1.165) is 12.7 Å². The molecule has 2 nitrogen and oxygen atoms in total. The second-order valence-corrected chi connectivity index (χ2v) is 2.00. The molecular formula is C8H12FNO. The third-order valence-corrected chi connectivity index (χ3v) is 1.23. The van der Waals surface area contributed by atoms with Gasteiger partial charge in [0.2, 0.25) is 0 Å². The molecule has 0 bridgehead atoms. The summed E-state index contributed by atoms with van der Waals surface area (Å²) in [7, 11) is 1.00. The summed E-state index contributed by atoms with van der Waals surface area (Å²) >= 11 is 0. The summed E-state index contributed by atoms with van der Waals surface area (Å²) < 4.78 is 12.3. The van der Waals surface area contributed by atoms with E-state index in [1.807, 2.05) is 0 Å². The van der Waals surface area contributed by atoms with Crippen LogP contribution in [0.4, 0.5) is 10.1 Å².